The third-order valence-electron chi connectivity index (χ3n) is 2.87. The lowest BCUT2D eigenvalue weighted by molar-refractivity contribution is 0.569. The second-order valence-electron chi connectivity index (χ2n) is 3.80. The highest BCUT2D eigenvalue weighted by atomic mass is 16.1. The molecule has 1 heteroatoms. The van der Waals surface area contributed by atoms with Crippen LogP contribution in [0.25, 0.3) is 5.57 Å². The molecular formula is C15H9O+. The van der Waals surface area contributed by atoms with Crippen molar-refractivity contribution in [2.75, 3.05) is 0 Å². The van der Waals surface area contributed by atoms with Crippen molar-refractivity contribution >= 4 is 11.5 Å². The largest absolute Gasteiger partial charge is 0.231 e. The summed E-state index contributed by atoms with van der Waals surface area (Å²) in [5, 5.41) is 0. The Kier molecular flexibility index (Phi) is 1.92. The van der Waals surface area contributed by atoms with E-state index in [9.17, 15) is 4.79 Å². The Morgan fingerprint density at radius 2 is 1.31 bits per heavy atom. The van der Waals surface area contributed by atoms with Crippen molar-refractivity contribution in [3.8, 4) is 0 Å². The molecule has 1 aliphatic carbocycles. The van der Waals surface area contributed by atoms with Crippen LogP contribution in [0.15, 0.2) is 48.5 Å². The van der Waals surface area contributed by atoms with Crippen molar-refractivity contribution in [3.05, 3.63) is 77.2 Å². The number of hydrogen-bond donors (Lipinski definition) is 0. The predicted octanol–water partition coefficient (Wildman–Crippen LogP) is 2.86. The van der Waals surface area contributed by atoms with Crippen molar-refractivity contribution in [3.63, 3.8) is 0 Å². The SMILES string of the molecule is O=C=C1c2ccccc2[CH+]c2ccccc21. The van der Waals surface area contributed by atoms with E-state index in [0.29, 0.717) is 5.57 Å². The van der Waals surface area contributed by atoms with E-state index in [1.807, 2.05) is 48.5 Å². The zero-order valence-corrected chi connectivity index (χ0v) is 8.60. The van der Waals surface area contributed by atoms with Crippen LogP contribution in [-0.4, -0.2) is 5.94 Å². The van der Waals surface area contributed by atoms with E-state index in [4.69, 9.17) is 0 Å². The molecular weight excluding hydrogens is 196 g/mol. The maximum absolute atomic E-state index is 11.1. The van der Waals surface area contributed by atoms with Crippen molar-refractivity contribution < 1.29 is 4.79 Å². The van der Waals surface area contributed by atoms with E-state index in [0.717, 1.165) is 22.3 Å². The highest BCUT2D eigenvalue weighted by Gasteiger charge is 2.26. The molecule has 0 aliphatic heterocycles. The summed E-state index contributed by atoms with van der Waals surface area (Å²) in [6, 6.07) is 15.8. The summed E-state index contributed by atoms with van der Waals surface area (Å²) < 4.78 is 0. The summed E-state index contributed by atoms with van der Waals surface area (Å²) in [6.07, 6.45) is 2.10. The first-order valence-corrected chi connectivity index (χ1v) is 5.19. The molecule has 0 atom stereocenters. The van der Waals surface area contributed by atoms with Gasteiger partial charge < -0.3 is 0 Å². The van der Waals surface area contributed by atoms with Gasteiger partial charge in [0.2, 0.25) is 0 Å². The van der Waals surface area contributed by atoms with E-state index in [-0.39, 0.29) is 0 Å². The number of rotatable bonds is 0. The molecule has 0 N–H and O–H groups in total. The van der Waals surface area contributed by atoms with Gasteiger partial charge in [0, 0.05) is 18.6 Å². The Morgan fingerprint density at radius 3 is 1.81 bits per heavy atom. The Balaban J connectivity index is 2.32. The van der Waals surface area contributed by atoms with Crippen LogP contribution in [-0.2, 0) is 4.79 Å². The van der Waals surface area contributed by atoms with Gasteiger partial charge in [0.15, 0.2) is 5.94 Å². The standard InChI is InChI=1S/C15H9O/c16-10-15-13-7-3-1-5-11(13)9-12-6-2-4-8-14(12)15/h1-9H/q+1. The second-order valence-corrected chi connectivity index (χ2v) is 3.80. The summed E-state index contributed by atoms with van der Waals surface area (Å²) in [5.41, 5.74) is 4.76. The predicted molar refractivity (Wildman–Crippen MR) is 63.6 cm³/mol. The molecule has 0 heterocycles. The van der Waals surface area contributed by atoms with Crippen LogP contribution in [0, 0.1) is 6.42 Å². The first kappa shape index (κ1) is 9.02. The first-order chi connectivity index (χ1) is 7.90. The fraction of sp³-hybridized carbons (Fsp3) is 0. The molecule has 0 unspecified atom stereocenters. The molecule has 0 radical (unpaired) electrons. The maximum Gasteiger partial charge on any atom is 0.151 e. The highest BCUT2D eigenvalue weighted by molar-refractivity contribution is 6.01. The second kappa shape index (κ2) is 3.41. The molecule has 1 aliphatic rings. The lowest BCUT2D eigenvalue weighted by atomic mass is 9.83. The molecule has 0 saturated carbocycles. The molecule has 0 spiro atoms. The fourth-order valence-corrected chi connectivity index (χ4v) is 2.12. The third-order valence-corrected chi connectivity index (χ3v) is 2.87. The van der Waals surface area contributed by atoms with E-state index < -0.39 is 0 Å². The minimum Gasteiger partial charge on any atom is -0.231 e. The van der Waals surface area contributed by atoms with Gasteiger partial charge in [-0.25, -0.2) is 4.79 Å². The van der Waals surface area contributed by atoms with Gasteiger partial charge in [-0.1, -0.05) is 0 Å². The number of carbonyl (C=O) groups excluding carboxylic acids is 1. The zero-order valence-electron chi connectivity index (χ0n) is 8.60. The lowest BCUT2D eigenvalue weighted by Crippen LogP contribution is -2.04. The van der Waals surface area contributed by atoms with Gasteiger partial charge in [-0.05, 0) is 36.4 Å². The quantitative estimate of drug-likeness (QED) is 0.407. The monoisotopic (exact) mass is 205 g/mol. The molecule has 0 amide bonds. The highest BCUT2D eigenvalue weighted by Crippen LogP contribution is 2.34. The Bertz CT molecular complexity index is 557. The van der Waals surface area contributed by atoms with Gasteiger partial charge in [-0.3, -0.25) is 0 Å². The topological polar surface area (TPSA) is 17.1 Å². The maximum atomic E-state index is 11.1. The molecule has 0 bridgehead atoms. The fourth-order valence-electron chi connectivity index (χ4n) is 2.12. The van der Waals surface area contributed by atoms with Gasteiger partial charge in [0.1, 0.15) is 5.57 Å². The van der Waals surface area contributed by atoms with Crippen LogP contribution in [0.4, 0.5) is 0 Å². The first-order valence-electron chi connectivity index (χ1n) is 5.19. The molecule has 0 aromatic heterocycles. The molecule has 0 fully saturated rings. The Morgan fingerprint density at radius 1 is 0.812 bits per heavy atom. The molecule has 1 nitrogen and oxygen atoms in total. The number of fused-ring (bicyclic) bond motifs is 2. The lowest BCUT2D eigenvalue weighted by Gasteiger charge is -2.12. The van der Waals surface area contributed by atoms with Gasteiger partial charge in [0.05, 0.1) is 22.3 Å². The average Bonchev–Trinajstić information content (AvgIpc) is 2.36. The van der Waals surface area contributed by atoms with E-state index >= 15 is 0 Å². The third kappa shape index (κ3) is 1.19. The average molecular weight is 205 g/mol. The van der Waals surface area contributed by atoms with Crippen LogP contribution in [0.1, 0.15) is 22.3 Å². The summed E-state index contributed by atoms with van der Waals surface area (Å²) in [7, 11) is 0. The minimum atomic E-state index is 0.661. The Hall–Kier alpha value is -2.24. The number of hydrogen-bond acceptors (Lipinski definition) is 1. The summed E-state index contributed by atoms with van der Waals surface area (Å²) >= 11 is 0. The molecule has 2 aromatic carbocycles. The van der Waals surface area contributed by atoms with Crippen LogP contribution in [0.2, 0.25) is 0 Å². The van der Waals surface area contributed by atoms with Crippen molar-refractivity contribution in [1.82, 2.24) is 0 Å². The molecule has 2 aromatic rings. The van der Waals surface area contributed by atoms with Crippen LogP contribution in [0.5, 0.6) is 0 Å². The zero-order chi connectivity index (χ0) is 11.0. The molecule has 3 rings (SSSR count). The van der Waals surface area contributed by atoms with Crippen molar-refractivity contribution in [1.29, 1.82) is 0 Å². The summed E-state index contributed by atoms with van der Waals surface area (Å²) in [5.74, 6) is 2.06. The smallest absolute Gasteiger partial charge is 0.151 e. The minimum absolute atomic E-state index is 0.661. The summed E-state index contributed by atoms with van der Waals surface area (Å²) in [4.78, 5) is 11.1. The van der Waals surface area contributed by atoms with Crippen LogP contribution < -0.4 is 0 Å². The van der Waals surface area contributed by atoms with Crippen LogP contribution in [0.3, 0.4) is 0 Å². The summed E-state index contributed by atoms with van der Waals surface area (Å²) in [6.45, 7) is 0. The Labute approximate surface area is 94.0 Å². The van der Waals surface area contributed by atoms with Gasteiger partial charge in [-0.2, -0.15) is 0 Å². The van der Waals surface area contributed by atoms with E-state index in [1.54, 1.807) is 0 Å². The molecule has 16 heavy (non-hydrogen) atoms. The number of benzene rings is 2. The van der Waals surface area contributed by atoms with E-state index in [2.05, 4.69) is 12.4 Å². The van der Waals surface area contributed by atoms with Crippen molar-refractivity contribution in [2.45, 2.75) is 0 Å². The van der Waals surface area contributed by atoms with E-state index in [1.165, 1.54) is 0 Å². The van der Waals surface area contributed by atoms with Crippen LogP contribution >= 0.6 is 0 Å². The van der Waals surface area contributed by atoms with Crippen molar-refractivity contribution in [2.24, 2.45) is 0 Å². The molecule has 0 saturated heterocycles. The molecule has 74 valence electrons. The van der Waals surface area contributed by atoms with Gasteiger partial charge in [-0.15, -0.1) is 0 Å². The normalized spacial score (nSPS) is 12.1. The van der Waals surface area contributed by atoms with Gasteiger partial charge in [0.25, 0.3) is 0 Å². The van der Waals surface area contributed by atoms with Gasteiger partial charge >= 0.3 is 0 Å².